The molecule has 2 amide bonds. The summed E-state index contributed by atoms with van der Waals surface area (Å²) in [4.78, 5) is 20.7. The number of aromatic nitrogens is 1. The first-order chi connectivity index (χ1) is 12.0. The van der Waals surface area contributed by atoms with Crippen LogP contribution in [-0.2, 0) is 11.3 Å². The molecular weight excluding hydrogens is 318 g/mol. The van der Waals surface area contributed by atoms with Crippen LogP contribution in [0.25, 0.3) is 0 Å². The second-order valence-electron chi connectivity index (χ2n) is 7.09. The van der Waals surface area contributed by atoms with Gasteiger partial charge >= 0.3 is 6.03 Å². The molecule has 25 heavy (non-hydrogen) atoms. The number of nitrogens with zero attached hydrogens (tertiary/aromatic N) is 3. The highest BCUT2D eigenvalue weighted by atomic mass is 16.5. The second-order valence-corrected chi connectivity index (χ2v) is 7.09. The number of hydrogen-bond acceptors (Lipinski definition) is 5. The average molecular weight is 349 g/mol. The maximum absolute atomic E-state index is 12.1. The Balaban J connectivity index is 1.74. The quantitative estimate of drug-likeness (QED) is 0.777. The molecule has 0 aliphatic carbocycles. The molecule has 2 rings (SSSR count). The number of carbonyl (C=O) groups excluding carboxylic acids is 1. The minimum absolute atomic E-state index is 0.0500. The van der Waals surface area contributed by atoms with Crippen molar-refractivity contribution in [3.05, 3.63) is 23.9 Å². The summed E-state index contributed by atoms with van der Waals surface area (Å²) in [6, 6.07) is 3.66. The van der Waals surface area contributed by atoms with Crippen molar-refractivity contribution in [3.8, 4) is 0 Å². The van der Waals surface area contributed by atoms with Crippen molar-refractivity contribution < 1.29 is 9.53 Å². The van der Waals surface area contributed by atoms with Crippen molar-refractivity contribution >= 4 is 11.8 Å². The monoisotopic (exact) mass is 349 g/mol. The van der Waals surface area contributed by atoms with E-state index in [1.165, 1.54) is 0 Å². The summed E-state index contributed by atoms with van der Waals surface area (Å²) >= 11 is 0. The smallest absolute Gasteiger partial charge is 0.315 e. The van der Waals surface area contributed by atoms with Gasteiger partial charge in [-0.2, -0.15) is 0 Å². The van der Waals surface area contributed by atoms with Crippen molar-refractivity contribution in [2.75, 3.05) is 51.8 Å². The Morgan fingerprint density at radius 2 is 2.24 bits per heavy atom. The number of carbonyl (C=O) groups is 1. The van der Waals surface area contributed by atoms with E-state index in [0.717, 1.165) is 37.6 Å². The van der Waals surface area contributed by atoms with E-state index in [1.807, 2.05) is 31.1 Å². The molecule has 1 saturated heterocycles. The largest absolute Gasteiger partial charge is 0.374 e. The van der Waals surface area contributed by atoms with Gasteiger partial charge in [0.2, 0.25) is 0 Å². The first kappa shape index (κ1) is 19.5. The van der Waals surface area contributed by atoms with Gasteiger partial charge < -0.3 is 20.3 Å². The zero-order valence-electron chi connectivity index (χ0n) is 15.8. The molecule has 2 N–H and O–H groups in total. The van der Waals surface area contributed by atoms with Crippen molar-refractivity contribution in [2.45, 2.75) is 26.5 Å². The predicted molar refractivity (Wildman–Crippen MR) is 99.8 cm³/mol. The Bertz CT molecular complexity index is 550. The van der Waals surface area contributed by atoms with Crippen LogP contribution >= 0.6 is 0 Å². The summed E-state index contributed by atoms with van der Waals surface area (Å²) in [7, 11) is 3.88. The van der Waals surface area contributed by atoms with Crippen LogP contribution in [0.3, 0.4) is 0 Å². The van der Waals surface area contributed by atoms with Crippen molar-refractivity contribution in [3.63, 3.8) is 0 Å². The SMILES string of the molecule is CC(C)CN1CCO[C@H](CNC(=O)NCc2cccnc2N(C)C)C1. The number of amides is 2. The Labute approximate surface area is 150 Å². The van der Waals surface area contributed by atoms with Gasteiger partial charge in [0.1, 0.15) is 5.82 Å². The van der Waals surface area contributed by atoms with Gasteiger partial charge in [-0.05, 0) is 12.0 Å². The third-order valence-electron chi connectivity index (χ3n) is 4.07. The molecule has 1 atom stereocenters. The molecule has 1 aliphatic heterocycles. The second kappa shape index (κ2) is 9.58. The standard InChI is InChI=1S/C18H31N5O2/c1-14(2)12-23-8-9-25-16(13-23)11-21-18(24)20-10-15-6-5-7-19-17(15)22(3)4/h5-7,14,16H,8-13H2,1-4H3,(H2,20,21,24)/t16-/m1/s1. The van der Waals surface area contributed by atoms with Gasteiger partial charge in [-0.3, -0.25) is 4.90 Å². The maximum Gasteiger partial charge on any atom is 0.315 e. The third kappa shape index (κ3) is 6.51. The van der Waals surface area contributed by atoms with Gasteiger partial charge in [-0.15, -0.1) is 0 Å². The predicted octanol–water partition coefficient (Wildman–Crippen LogP) is 1.30. The number of anilines is 1. The zero-order chi connectivity index (χ0) is 18.2. The van der Waals surface area contributed by atoms with E-state index in [9.17, 15) is 4.79 Å². The van der Waals surface area contributed by atoms with Crippen LogP contribution in [-0.4, -0.2) is 68.9 Å². The van der Waals surface area contributed by atoms with Crippen LogP contribution in [0, 0.1) is 5.92 Å². The van der Waals surface area contributed by atoms with Crippen molar-refractivity contribution in [1.29, 1.82) is 0 Å². The average Bonchev–Trinajstić information content (AvgIpc) is 2.58. The molecule has 0 unspecified atom stereocenters. The molecule has 0 bridgehead atoms. The van der Waals surface area contributed by atoms with Gasteiger partial charge in [0.05, 0.1) is 12.7 Å². The number of ether oxygens (including phenoxy) is 1. The molecule has 0 radical (unpaired) electrons. The summed E-state index contributed by atoms with van der Waals surface area (Å²) in [6.45, 7) is 9.03. The summed E-state index contributed by atoms with van der Waals surface area (Å²) < 4.78 is 5.75. The summed E-state index contributed by atoms with van der Waals surface area (Å²) in [5.74, 6) is 1.50. The summed E-state index contributed by atoms with van der Waals surface area (Å²) in [6.07, 6.45) is 1.80. The molecule has 0 spiro atoms. The van der Waals surface area contributed by atoms with Crippen LogP contribution in [0.1, 0.15) is 19.4 Å². The van der Waals surface area contributed by atoms with E-state index < -0.39 is 0 Å². The molecule has 1 aromatic heterocycles. The van der Waals surface area contributed by atoms with Gasteiger partial charge in [0.25, 0.3) is 0 Å². The molecule has 140 valence electrons. The van der Waals surface area contributed by atoms with Crippen LogP contribution in [0.5, 0.6) is 0 Å². The van der Waals surface area contributed by atoms with E-state index in [1.54, 1.807) is 6.20 Å². The number of rotatable bonds is 7. The number of hydrogen-bond donors (Lipinski definition) is 2. The lowest BCUT2D eigenvalue weighted by molar-refractivity contribution is -0.0290. The molecule has 1 aliphatic rings. The topological polar surface area (TPSA) is 69.7 Å². The van der Waals surface area contributed by atoms with Crippen molar-refractivity contribution in [2.24, 2.45) is 5.92 Å². The van der Waals surface area contributed by atoms with Crippen LogP contribution in [0.2, 0.25) is 0 Å². The molecule has 0 aromatic carbocycles. The fourth-order valence-corrected chi connectivity index (χ4v) is 3.00. The molecule has 7 heteroatoms. The molecule has 1 aromatic rings. The number of nitrogens with one attached hydrogen (secondary N) is 2. The van der Waals surface area contributed by atoms with Crippen LogP contribution in [0.4, 0.5) is 10.6 Å². The van der Waals surface area contributed by atoms with E-state index in [2.05, 4.69) is 34.4 Å². The van der Waals surface area contributed by atoms with Gasteiger partial charge in [-0.1, -0.05) is 19.9 Å². The molecular formula is C18H31N5O2. The highest BCUT2D eigenvalue weighted by Crippen LogP contribution is 2.13. The summed E-state index contributed by atoms with van der Waals surface area (Å²) in [5.41, 5.74) is 0.986. The van der Waals surface area contributed by atoms with E-state index in [0.29, 0.717) is 19.0 Å². The van der Waals surface area contributed by atoms with E-state index in [-0.39, 0.29) is 12.1 Å². The van der Waals surface area contributed by atoms with E-state index >= 15 is 0 Å². The highest BCUT2D eigenvalue weighted by molar-refractivity contribution is 5.74. The Morgan fingerprint density at radius 3 is 2.96 bits per heavy atom. The number of pyridine rings is 1. The minimum atomic E-state index is -0.182. The van der Waals surface area contributed by atoms with E-state index in [4.69, 9.17) is 4.74 Å². The van der Waals surface area contributed by atoms with Gasteiger partial charge in [0.15, 0.2) is 0 Å². The number of morpholine rings is 1. The van der Waals surface area contributed by atoms with Gasteiger partial charge in [0, 0.05) is 58.6 Å². The molecule has 2 heterocycles. The maximum atomic E-state index is 12.1. The van der Waals surface area contributed by atoms with Crippen LogP contribution in [0.15, 0.2) is 18.3 Å². The Hall–Kier alpha value is -1.86. The fourth-order valence-electron chi connectivity index (χ4n) is 3.00. The lowest BCUT2D eigenvalue weighted by Gasteiger charge is -2.33. The lowest BCUT2D eigenvalue weighted by atomic mass is 10.2. The molecule has 0 saturated carbocycles. The first-order valence-electron chi connectivity index (χ1n) is 8.92. The van der Waals surface area contributed by atoms with Gasteiger partial charge in [-0.25, -0.2) is 9.78 Å². The lowest BCUT2D eigenvalue weighted by Crippen LogP contribution is -2.49. The molecule has 1 fully saturated rings. The molecule has 7 nitrogen and oxygen atoms in total. The minimum Gasteiger partial charge on any atom is -0.374 e. The first-order valence-corrected chi connectivity index (χ1v) is 8.92. The Morgan fingerprint density at radius 1 is 1.44 bits per heavy atom. The van der Waals surface area contributed by atoms with Crippen molar-refractivity contribution in [1.82, 2.24) is 20.5 Å². The van der Waals surface area contributed by atoms with Crippen LogP contribution < -0.4 is 15.5 Å². The zero-order valence-corrected chi connectivity index (χ0v) is 15.8. The Kier molecular flexibility index (Phi) is 7.46. The fraction of sp³-hybridized carbons (Fsp3) is 0.667. The third-order valence-corrected chi connectivity index (χ3v) is 4.07. The number of urea groups is 1. The normalized spacial score (nSPS) is 18.2. The summed E-state index contributed by atoms with van der Waals surface area (Å²) in [5, 5.41) is 5.80. The highest BCUT2D eigenvalue weighted by Gasteiger charge is 2.21.